The van der Waals surface area contributed by atoms with Crippen LogP contribution in [0.15, 0.2) is 29.6 Å². The van der Waals surface area contributed by atoms with Gasteiger partial charge in [-0.3, -0.25) is 5.32 Å². The molecule has 0 saturated heterocycles. The van der Waals surface area contributed by atoms with Crippen LogP contribution in [0.25, 0.3) is 0 Å². The minimum atomic E-state index is -0.516. The molecule has 0 unspecified atom stereocenters. The van der Waals surface area contributed by atoms with Gasteiger partial charge in [0.05, 0.1) is 0 Å². The molecule has 0 fully saturated rings. The molecule has 1 amide bonds. The third kappa shape index (κ3) is 7.53. The van der Waals surface area contributed by atoms with Gasteiger partial charge in [0, 0.05) is 29.9 Å². The first-order valence-electron chi connectivity index (χ1n) is 8.16. The Hall–Kier alpha value is -2.12. The minimum absolute atomic E-state index is 0.470. The Morgan fingerprint density at radius 2 is 1.96 bits per heavy atom. The predicted molar refractivity (Wildman–Crippen MR) is 100 cm³/mol. The van der Waals surface area contributed by atoms with Gasteiger partial charge in [-0.15, -0.1) is 11.3 Å². The molecule has 7 heteroatoms. The maximum atomic E-state index is 11.7. The van der Waals surface area contributed by atoms with Crippen molar-refractivity contribution in [3.8, 4) is 5.75 Å². The van der Waals surface area contributed by atoms with E-state index in [1.807, 2.05) is 45.2 Å². The van der Waals surface area contributed by atoms with Crippen LogP contribution in [0, 0.1) is 6.92 Å². The molecule has 1 aromatic carbocycles. The van der Waals surface area contributed by atoms with Crippen molar-refractivity contribution in [1.82, 2.24) is 10.3 Å². The Balaban J connectivity index is 1.67. The summed E-state index contributed by atoms with van der Waals surface area (Å²) in [7, 11) is 0. The monoisotopic (exact) mass is 363 g/mol. The average Bonchev–Trinajstić information content (AvgIpc) is 2.92. The molecule has 6 nitrogen and oxygen atoms in total. The first-order valence-corrected chi connectivity index (χ1v) is 9.04. The van der Waals surface area contributed by atoms with Crippen LogP contribution in [0.3, 0.4) is 0 Å². The van der Waals surface area contributed by atoms with Crippen molar-refractivity contribution in [1.29, 1.82) is 0 Å². The fourth-order valence-electron chi connectivity index (χ4n) is 1.98. The number of nitrogens with zero attached hydrogens (tertiary/aromatic N) is 1. The highest BCUT2D eigenvalue weighted by Crippen LogP contribution is 2.17. The van der Waals surface area contributed by atoms with Crippen molar-refractivity contribution in [2.75, 3.05) is 18.5 Å². The number of thiazole rings is 1. The van der Waals surface area contributed by atoms with E-state index in [0.717, 1.165) is 29.5 Å². The lowest BCUT2D eigenvalue weighted by molar-refractivity contribution is 0.0636. The average molecular weight is 363 g/mol. The summed E-state index contributed by atoms with van der Waals surface area (Å²) in [6, 6.07) is 7.20. The molecular formula is C18H25N3O3S. The molecule has 2 N–H and O–H groups in total. The Morgan fingerprint density at radius 3 is 2.56 bits per heavy atom. The summed E-state index contributed by atoms with van der Waals surface area (Å²) >= 11 is 1.65. The zero-order valence-corrected chi connectivity index (χ0v) is 15.9. The van der Waals surface area contributed by atoms with Gasteiger partial charge in [-0.05, 0) is 52.0 Å². The normalized spacial score (nSPS) is 11.2. The highest BCUT2D eigenvalue weighted by molar-refractivity contribution is 7.09. The zero-order valence-electron chi connectivity index (χ0n) is 15.1. The van der Waals surface area contributed by atoms with Crippen LogP contribution in [-0.4, -0.2) is 29.8 Å². The molecule has 0 aliphatic heterocycles. The van der Waals surface area contributed by atoms with Crippen molar-refractivity contribution in [3.63, 3.8) is 0 Å². The number of aromatic nitrogens is 1. The van der Waals surface area contributed by atoms with Crippen LogP contribution < -0.4 is 15.4 Å². The molecule has 25 heavy (non-hydrogen) atoms. The van der Waals surface area contributed by atoms with Gasteiger partial charge < -0.3 is 14.8 Å². The van der Waals surface area contributed by atoms with E-state index in [4.69, 9.17) is 9.47 Å². The van der Waals surface area contributed by atoms with Gasteiger partial charge >= 0.3 is 6.09 Å². The quantitative estimate of drug-likeness (QED) is 0.728. The minimum Gasteiger partial charge on any atom is -0.492 e. The third-order valence-corrected chi connectivity index (χ3v) is 3.96. The van der Waals surface area contributed by atoms with Gasteiger partial charge in [0.2, 0.25) is 0 Å². The second-order valence-corrected chi connectivity index (χ2v) is 7.50. The van der Waals surface area contributed by atoms with Gasteiger partial charge in [0.1, 0.15) is 23.0 Å². The van der Waals surface area contributed by atoms with E-state index in [9.17, 15) is 4.79 Å². The van der Waals surface area contributed by atoms with Crippen molar-refractivity contribution in [2.45, 2.75) is 39.8 Å². The van der Waals surface area contributed by atoms with E-state index >= 15 is 0 Å². The molecule has 136 valence electrons. The van der Waals surface area contributed by atoms with Gasteiger partial charge in [0.15, 0.2) is 0 Å². The fraction of sp³-hybridized carbons (Fsp3) is 0.444. The largest absolute Gasteiger partial charge is 0.492 e. The van der Waals surface area contributed by atoms with Crippen LogP contribution in [-0.2, 0) is 11.3 Å². The Morgan fingerprint density at radius 1 is 1.24 bits per heavy atom. The van der Waals surface area contributed by atoms with E-state index in [-0.39, 0.29) is 0 Å². The summed E-state index contributed by atoms with van der Waals surface area (Å²) in [4.78, 5) is 16.1. The van der Waals surface area contributed by atoms with Gasteiger partial charge in [-0.2, -0.15) is 0 Å². The van der Waals surface area contributed by atoms with Crippen molar-refractivity contribution < 1.29 is 14.3 Å². The number of aryl methyl sites for hydroxylation is 1. The van der Waals surface area contributed by atoms with E-state index in [0.29, 0.717) is 12.3 Å². The van der Waals surface area contributed by atoms with Crippen LogP contribution in [0.1, 0.15) is 31.5 Å². The highest BCUT2D eigenvalue weighted by atomic mass is 32.1. The molecular weight excluding hydrogens is 338 g/mol. The molecule has 0 aliphatic rings. The molecule has 1 heterocycles. The first kappa shape index (κ1) is 19.2. The fourth-order valence-corrected chi connectivity index (χ4v) is 2.72. The molecule has 0 atom stereocenters. The Kier molecular flexibility index (Phi) is 6.78. The number of nitrogens with one attached hydrogen (secondary N) is 2. The maximum absolute atomic E-state index is 11.7. The first-order chi connectivity index (χ1) is 11.8. The molecule has 0 radical (unpaired) electrons. The number of hydrogen-bond donors (Lipinski definition) is 2. The summed E-state index contributed by atoms with van der Waals surface area (Å²) in [6.07, 6.45) is -0.470. The number of carbonyl (C=O) groups is 1. The number of hydrogen-bond acceptors (Lipinski definition) is 6. The van der Waals surface area contributed by atoms with Crippen molar-refractivity contribution in [2.24, 2.45) is 0 Å². The van der Waals surface area contributed by atoms with Gasteiger partial charge in [-0.25, -0.2) is 9.78 Å². The number of anilines is 1. The maximum Gasteiger partial charge on any atom is 0.412 e. The second-order valence-electron chi connectivity index (χ2n) is 6.56. The summed E-state index contributed by atoms with van der Waals surface area (Å²) in [5.74, 6) is 0.752. The highest BCUT2D eigenvalue weighted by Gasteiger charge is 2.16. The van der Waals surface area contributed by atoms with Gasteiger partial charge in [-0.1, -0.05) is 0 Å². The molecule has 0 aliphatic carbocycles. The predicted octanol–water partition coefficient (Wildman–Crippen LogP) is 3.97. The number of benzene rings is 1. The third-order valence-electron chi connectivity index (χ3n) is 2.99. The van der Waals surface area contributed by atoms with Crippen LogP contribution in [0.2, 0.25) is 0 Å². The SMILES string of the molecule is Cc1csc(CNCCOc2ccc(NC(=O)OC(C)(C)C)cc2)n1. The van der Waals surface area contributed by atoms with E-state index in [1.54, 1.807) is 23.5 Å². The summed E-state index contributed by atoms with van der Waals surface area (Å²) in [6.45, 7) is 9.51. The summed E-state index contributed by atoms with van der Waals surface area (Å²) < 4.78 is 10.9. The molecule has 1 aromatic heterocycles. The molecule has 0 saturated carbocycles. The number of rotatable bonds is 7. The molecule has 2 rings (SSSR count). The summed E-state index contributed by atoms with van der Waals surface area (Å²) in [5, 5.41) is 9.10. The summed E-state index contributed by atoms with van der Waals surface area (Å²) in [5.41, 5.74) is 1.20. The topological polar surface area (TPSA) is 72.5 Å². The molecule has 0 spiro atoms. The number of ether oxygens (including phenoxy) is 2. The second kappa shape index (κ2) is 8.82. The molecule has 2 aromatic rings. The van der Waals surface area contributed by atoms with Crippen molar-refractivity contribution >= 4 is 23.1 Å². The lowest BCUT2D eigenvalue weighted by atomic mass is 10.2. The Bertz CT molecular complexity index is 678. The van der Waals surface area contributed by atoms with Gasteiger partial charge in [0.25, 0.3) is 0 Å². The van der Waals surface area contributed by atoms with Crippen LogP contribution in [0.5, 0.6) is 5.75 Å². The van der Waals surface area contributed by atoms with E-state index in [2.05, 4.69) is 15.6 Å². The Labute approximate surface area is 152 Å². The van der Waals surface area contributed by atoms with Crippen LogP contribution in [0.4, 0.5) is 10.5 Å². The molecule has 0 bridgehead atoms. The smallest absolute Gasteiger partial charge is 0.412 e. The van der Waals surface area contributed by atoms with E-state index in [1.165, 1.54) is 0 Å². The lowest BCUT2D eigenvalue weighted by Crippen LogP contribution is -2.27. The number of amides is 1. The van der Waals surface area contributed by atoms with Crippen LogP contribution >= 0.6 is 11.3 Å². The zero-order chi connectivity index (χ0) is 18.3. The number of carbonyl (C=O) groups excluding carboxylic acids is 1. The standard InChI is InChI=1S/C18H25N3O3S/c1-13-12-25-16(20-13)11-19-9-10-23-15-7-5-14(6-8-15)21-17(22)24-18(2,3)4/h5-8,12,19H,9-11H2,1-4H3,(H,21,22). The van der Waals surface area contributed by atoms with E-state index < -0.39 is 11.7 Å². The van der Waals surface area contributed by atoms with Crippen molar-refractivity contribution in [3.05, 3.63) is 40.3 Å². The lowest BCUT2D eigenvalue weighted by Gasteiger charge is -2.19.